The molecule has 1 heterocycles. The van der Waals surface area contributed by atoms with Crippen LogP contribution in [-0.4, -0.2) is 10.2 Å². The summed E-state index contributed by atoms with van der Waals surface area (Å²) < 4.78 is 5.50. The average molecular weight is 216 g/mol. The summed E-state index contributed by atoms with van der Waals surface area (Å²) in [6.45, 7) is 4.18. The Morgan fingerprint density at radius 3 is 2.44 bits per heavy atom. The largest absolute Gasteiger partial charge is 0.425 e. The van der Waals surface area contributed by atoms with Gasteiger partial charge in [-0.1, -0.05) is 44.2 Å². The molecule has 2 rings (SSSR count). The quantitative estimate of drug-likeness (QED) is 0.788. The molecule has 1 atom stereocenters. The van der Waals surface area contributed by atoms with Crippen LogP contribution in [0, 0.1) is 0 Å². The fourth-order valence-electron chi connectivity index (χ4n) is 1.68. The maximum absolute atomic E-state index is 5.50. The van der Waals surface area contributed by atoms with Gasteiger partial charge in [-0.05, 0) is 11.5 Å². The van der Waals surface area contributed by atoms with Crippen molar-refractivity contribution < 1.29 is 4.42 Å². The number of hydrogen-bond acceptors (Lipinski definition) is 3. The van der Waals surface area contributed by atoms with Gasteiger partial charge in [0, 0.05) is 12.8 Å². The van der Waals surface area contributed by atoms with Crippen LogP contribution in [0.2, 0.25) is 0 Å². The van der Waals surface area contributed by atoms with E-state index in [1.54, 1.807) is 0 Å². The fourth-order valence-corrected chi connectivity index (χ4v) is 1.68. The Morgan fingerprint density at radius 2 is 1.81 bits per heavy atom. The molecular formula is C13H16N2O. The van der Waals surface area contributed by atoms with Crippen molar-refractivity contribution in [2.75, 3.05) is 0 Å². The van der Waals surface area contributed by atoms with Crippen LogP contribution in [0.25, 0.3) is 0 Å². The second-order valence-corrected chi connectivity index (χ2v) is 3.96. The molecule has 0 saturated heterocycles. The SMILES string of the molecule is CCc1nnc(CC(C)c2ccccc2)o1. The summed E-state index contributed by atoms with van der Waals surface area (Å²) in [6, 6.07) is 10.4. The van der Waals surface area contributed by atoms with E-state index in [1.807, 2.05) is 13.0 Å². The molecule has 3 nitrogen and oxygen atoms in total. The van der Waals surface area contributed by atoms with Gasteiger partial charge in [0.05, 0.1) is 0 Å². The van der Waals surface area contributed by atoms with E-state index in [-0.39, 0.29) is 0 Å². The first kappa shape index (κ1) is 10.9. The molecule has 16 heavy (non-hydrogen) atoms. The molecule has 0 aliphatic rings. The Kier molecular flexibility index (Phi) is 3.34. The minimum atomic E-state index is 0.409. The standard InChI is InChI=1S/C13H16N2O/c1-3-12-14-15-13(16-12)9-10(2)11-7-5-4-6-8-11/h4-8,10H,3,9H2,1-2H3. The summed E-state index contributed by atoms with van der Waals surface area (Å²) >= 11 is 0. The minimum Gasteiger partial charge on any atom is -0.425 e. The van der Waals surface area contributed by atoms with E-state index >= 15 is 0 Å². The van der Waals surface area contributed by atoms with Crippen molar-refractivity contribution in [1.82, 2.24) is 10.2 Å². The minimum absolute atomic E-state index is 0.409. The van der Waals surface area contributed by atoms with Crippen LogP contribution in [0.15, 0.2) is 34.7 Å². The molecule has 0 bridgehead atoms. The van der Waals surface area contributed by atoms with Gasteiger partial charge in [-0.15, -0.1) is 10.2 Å². The predicted molar refractivity (Wildman–Crippen MR) is 62.2 cm³/mol. The van der Waals surface area contributed by atoms with Gasteiger partial charge in [0.1, 0.15) is 0 Å². The molecule has 1 aromatic heterocycles. The fraction of sp³-hybridized carbons (Fsp3) is 0.385. The molecule has 0 aliphatic heterocycles. The maximum Gasteiger partial charge on any atom is 0.217 e. The number of rotatable bonds is 4. The zero-order valence-electron chi connectivity index (χ0n) is 9.68. The van der Waals surface area contributed by atoms with E-state index in [1.165, 1.54) is 5.56 Å². The van der Waals surface area contributed by atoms with E-state index < -0.39 is 0 Å². The molecular weight excluding hydrogens is 200 g/mol. The topological polar surface area (TPSA) is 38.9 Å². The Balaban J connectivity index is 2.05. The Bertz CT molecular complexity index is 436. The lowest BCUT2D eigenvalue weighted by Gasteiger charge is -2.08. The van der Waals surface area contributed by atoms with Crippen molar-refractivity contribution in [2.45, 2.75) is 32.6 Å². The van der Waals surface area contributed by atoms with E-state index in [4.69, 9.17) is 4.42 Å². The summed E-state index contributed by atoms with van der Waals surface area (Å²) in [5.74, 6) is 1.86. The summed E-state index contributed by atoms with van der Waals surface area (Å²) in [4.78, 5) is 0. The van der Waals surface area contributed by atoms with Gasteiger partial charge < -0.3 is 4.42 Å². The monoisotopic (exact) mass is 216 g/mol. The first-order chi connectivity index (χ1) is 7.79. The lowest BCUT2D eigenvalue weighted by atomic mass is 9.98. The van der Waals surface area contributed by atoms with Crippen molar-refractivity contribution in [1.29, 1.82) is 0 Å². The third kappa shape index (κ3) is 2.48. The Labute approximate surface area is 95.5 Å². The highest BCUT2D eigenvalue weighted by atomic mass is 16.4. The van der Waals surface area contributed by atoms with Crippen molar-refractivity contribution in [3.05, 3.63) is 47.7 Å². The summed E-state index contributed by atoms with van der Waals surface area (Å²) in [7, 11) is 0. The highest BCUT2D eigenvalue weighted by Crippen LogP contribution is 2.19. The molecule has 0 fully saturated rings. The smallest absolute Gasteiger partial charge is 0.217 e. The molecule has 1 unspecified atom stereocenters. The van der Waals surface area contributed by atoms with Crippen molar-refractivity contribution in [3.63, 3.8) is 0 Å². The summed E-state index contributed by atoms with van der Waals surface area (Å²) in [5, 5.41) is 8.00. The zero-order chi connectivity index (χ0) is 11.4. The number of hydrogen-bond donors (Lipinski definition) is 0. The first-order valence-electron chi connectivity index (χ1n) is 5.65. The van der Waals surface area contributed by atoms with Crippen molar-refractivity contribution in [2.24, 2.45) is 0 Å². The lowest BCUT2D eigenvalue weighted by molar-refractivity contribution is 0.442. The molecule has 3 heteroatoms. The molecule has 0 aliphatic carbocycles. The van der Waals surface area contributed by atoms with Crippen LogP contribution in [0.1, 0.15) is 37.1 Å². The average Bonchev–Trinajstić information content (AvgIpc) is 2.78. The molecule has 0 amide bonds. The molecule has 84 valence electrons. The molecule has 0 spiro atoms. The van der Waals surface area contributed by atoms with Crippen LogP contribution in [0.4, 0.5) is 0 Å². The van der Waals surface area contributed by atoms with Gasteiger partial charge in [0.15, 0.2) is 0 Å². The van der Waals surface area contributed by atoms with E-state index in [0.29, 0.717) is 5.92 Å². The van der Waals surface area contributed by atoms with Crippen LogP contribution in [0.5, 0.6) is 0 Å². The van der Waals surface area contributed by atoms with Gasteiger partial charge in [-0.3, -0.25) is 0 Å². The van der Waals surface area contributed by atoms with Crippen LogP contribution < -0.4 is 0 Å². The van der Waals surface area contributed by atoms with Gasteiger partial charge in [0.25, 0.3) is 0 Å². The summed E-state index contributed by atoms with van der Waals surface area (Å²) in [5.41, 5.74) is 1.30. The van der Waals surface area contributed by atoms with Crippen LogP contribution in [-0.2, 0) is 12.8 Å². The first-order valence-corrected chi connectivity index (χ1v) is 5.65. The van der Waals surface area contributed by atoms with Crippen LogP contribution >= 0.6 is 0 Å². The highest BCUT2D eigenvalue weighted by molar-refractivity contribution is 5.19. The van der Waals surface area contributed by atoms with Gasteiger partial charge in [-0.25, -0.2) is 0 Å². The normalized spacial score (nSPS) is 12.6. The van der Waals surface area contributed by atoms with E-state index in [2.05, 4.69) is 41.4 Å². The van der Waals surface area contributed by atoms with Gasteiger partial charge in [-0.2, -0.15) is 0 Å². The third-order valence-corrected chi connectivity index (χ3v) is 2.66. The predicted octanol–water partition coefficient (Wildman–Crippen LogP) is 2.98. The van der Waals surface area contributed by atoms with Crippen molar-refractivity contribution >= 4 is 0 Å². The van der Waals surface area contributed by atoms with E-state index in [0.717, 1.165) is 24.6 Å². The zero-order valence-corrected chi connectivity index (χ0v) is 9.68. The number of aryl methyl sites for hydroxylation is 1. The highest BCUT2D eigenvalue weighted by Gasteiger charge is 2.11. The number of benzene rings is 1. The maximum atomic E-state index is 5.50. The second-order valence-electron chi connectivity index (χ2n) is 3.96. The molecule has 0 N–H and O–H groups in total. The molecule has 0 radical (unpaired) electrons. The Morgan fingerprint density at radius 1 is 1.12 bits per heavy atom. The van der Waals surface area contributed by atoms with Gasteiger partial charge >= 0.3 is 0 Å². The molecule has 1 aromatic carbocycles. The third-order valence-electron chi connectivity index (χ3n) is 2.66. The van der Waals surface area contributed by atoms with E-state index in [9.17, 15) is 0 Å². The number of nitrogens with zero attached hydrogens (tertiary/aromatic N) is 2. The van der Waals surface area contributed by atoms with Crippen LogP contribution in [0.3, 0.4) is 0 Å². The summed E-state index contributed by atoms with van der Waals surface area (Å²) in [6.07, 6.45) is 1.60. The number of aromatic nitrogens is 2. The molecule has 2 aromatic rings. The second kappa shape index (κ2) is 4.92. The lowest BCUT2D eigenvalue weighted by Crippen LogP contribution is -1.98. The van der Waals surface area contributed by atoms with Gasteiger partial charge in [0.2, 0.25) is 11.8 Å². The van der Waals surface area contributed by atoms with Crippen molar-refractivity contribution in [3.8, 4) is 0 Å². The Hall–Kier alpha value is -1.64. The molecule has 0 saturated carbocycles.